The third-order valence-corrected chi connectivity index (χ3v) is 1.06. The second-order valence-corrected chi connectivity index (χ2v) is 2.47. The van der Waals surface area contributed by atoms with Gasteiger partial charge in [0.1, 0.15) is 0 Å². The first-order chi connectivity index (χ1) is 2.56. The second kappa shape index (κ2) is 4.96. The molecule has 0 aliphatic rings. The summed E-state index contributed by atoms with van der Waals surface area (Å²) in [6, 6.07) is 0. The van der Waals surface area contributed by atoms with Gasteiger partial charge in [-0.3, -0.25) is 0 Å². The summed E-state index contributed by atoms with van der Waals surface area (Å²) in [6.07, 6.45) is 0. The molecule has 0 aromatic rings. The summed E-state index contributed by atoms with van der Waals surface area (Å²) in [5, 5.41) is 0. The molecule has 38 valence electrons. The van der Waals surface area contributed by atoms with Crippen molar-refractivity contribution in [3.05, 3.63) is 0 Å². The maximum absolute atomic E-state index is 4.85. The van der Waals surface area contributed by atoms with Gasteiger partial charge in [0, 0.05) is 0 Å². The molecule has 1 nitrogen and oxygen atoms in total. The molecule has 0 amide bonds. The standard InChI is InChI=1S/C4H9O.Al.K.3H/c1-4(2,3)5;;;;;/h1-3H3;;;;;/q-1;+3;+1;3*-1. The molecule has 7 heavy (non-hydrogen) atoms. The van der Waals surface area contributed by atoms with Crippen LogP contribution in [0.4, 0.5) is 0 Å². The van der Waals surface area contributed by atoms with Gasteiger partial charge in [0.2, 0.25) is 0 Å². The van der Waals surface area contributed by atoms with Gasteiger partial charge < -0.3 is 4.28 Å². The summed E-state index contributed by atoms with van der Waals surface area (Å²) in [4.78, 5) is 0. The Bertz CT molecular complexity index is 50.3. The summed E-state index contributed by atoms with van der Waals surface area (Å²) < 4.78 is 4.85. The van der Waals surface area contributed by atoms with Gasteiger partial charge >= 0.3 is 98.2 Å². The molecule has 0 N–H and O–H groups in total. The van der Waals surface area contributed by atoms with Crippen molar-refractivity contribution in [3.8, 4) is 0 Å². The maximum atomic E-state index is 4.85. The summed E-state index contributed by atoms with van der Waals surface area (Å²) in [7, 11) is 0. The van der Waals surface area contributed by atoms with Crippen LogP contribution in [0.5, 0.6) is 0 Å². The van der Waals surface area contributed by atoms with Gasteiger partial charge in [-0.2, -0.15) is 0 Å². The zero-order chi connectivity index (χ0) is 5.21. The van der Waals surface area contributed by atoms with Crippen LogP contribution in [0.3, 0.4) is 0 Å². The summed E-state index contributed by atoms with van der Waals surface area (Å²) in [6.45, 7) is 6.00. The molecule has 0 radical (unpaired) electrons. The van der Waals surface area contributed by atoms with Gasteiger partial charge in [0.05, 0.1) is 0 Å². The molecule has 3 heteroatoms. The smallest absolute Gasteiger partial charge is 1.00 e. The van der Waals surface area contributed by atoms with E-state index < -0.39 is 0 Å². The molecule has 0 aliphatic carbocycles. The normalized spacial score (nSPS) is 10.4. The summed E-state index contributed by atoms with van der Waals surface area (Å²) in [5.41, 5.74) is 0.00463. The molecular formula is C4H12AlKO. The Balaban J connectivity index is -0.0000000208. The van der Waals surface area contributed by atoms with E-state index in [1.54, 1.807) is 0 Å². The van der Waals surface area contributed by atoms with Crippen molar-refractivity contribution in [2.24, 2.45) is 0 Å². The average Bonchev–Trinajstić information content (AvgIpc) is 1.35. The van der Waals surface area contributed by atoms with Crippen LogP contribution in [0.2, 0.25) is 0 Å². The van der Waals surface area contributed by atoms with Crippen LogP contribution < -0.4 is 51.4 Å². The third-order valence-electron chi connectivity index (χ3n) is 0.354. The minimum atomic E-state index is 0. The van der Waals surface area contributed by atoms with Crippen molar-refractivity contribution >= 4 is 16.6 Å². The van der Waals surface area contributed by atoms with Gasteiger partial charge in [0.15, 0.2) is 0 Å². The van der Waals surface area contributed by atoms with Gasteiger partial charge in [0.25, 0.3) is 0 Å². The van der Waals surface area contributed by atoms with Crippen LogP contribution in [-0.4, -0.2) is 22.2 Å². The van der Waals surface area contributed by atoms with Crippen LogP contribution in [0.25, 0.3) is 0 Å². The minimum Gasteiger partial charge on any atom is -1.00 e. The predicted octanol–water partition coefficient (Wildman–Crippen LogP) is -1.77. The van der Waals surface area contributed by atoms with Gasteiger partial charge in [-0.15, -0.1) is 0 Å². The molecule has 0 fully saturated rings. The van der Waals surface area contributed by atoms with Crippen molar-refractivity contribution in [2.75, 3.05) is 0 Å². The van der Waals surface area contributed by atoms with Gasteiger partial charge in [-0.25, -0.2) is 0 Å². The first-order valence-electron chi connectivity index (χ1n) is 1.94. The summed E-state index contributed by atoms with van der Waals surface area (Å²) in [5.74, 6) is 0. The fourth-order valence-electron chi connectivity index (χ4n) is 0. The SMILES string of the molecule is CC(C)(C)[O][Al+2].[H-].[H-].[H-].[K+]. The fourth-order valence-corrected chi connectivity index (χ4v) is 0. The van der Waals surface area contributed by atoms with Crippen LogP contribution in [0, 0.1) is 0 Å². The monoisotopic (exact) mass is 142 g/mol. The van der Waals surface area contributed by atoms with E-state index in [1.165, 1.54) is 0 Å². The molecule has 0 aromatic heterocycles. The molecule has 0 aliphatic heterocycles. The van der Waals surface area contributed by atoms with Gasteiger partial charge in [-0.1, -0.05) is 0 Å². The quantitative estimate of drug-likeness (QED) is 0.364. The van der Waals surface area contributed by atoms with Crippen molar-refractivity contribution in [1.82, 2.24) is 0 Å². The Labute approximate surface area is 101 Å². The molecule has 0 saturated carbocycles. The maximum Gasteiger partial charge on any atom is 1.00 e. The van der Waals surface area contributed by atoms with Crippen LogP contribution >= 0.6 is 0 Å². The zero-order valence-corrected chi connectivity index (χ0v) is 9.76. The number of rotatable bonds is 0. The molecular weight excluding hydrogens is 130 g/mol. The average molecular weight is 142 g/mol. The van der Waals surface area contributed by atoms with Crippen molar-refractivity contribution in [1.29, 1.82) is 0 Å². The molecule has 0 bridgehead atoms. The van der Waals surface area contributed by atoms with E-state index in [2.05, 4.69) is 16.6 Å². The Hall–Kier alpha value is 2.13. The molecule has 0 aromatic carbocycles. The molecule has 0 spiro atoms. The zero-order valence-electron chi connectivity index (χ0n) is 8.49. The molecule has 0 atom stereocenters. The molecule has 0 saturated heterocycles. The minimum absolute atomic E-state index is 0. The largest absolute Gasteiger partial charge is 1.00 e. The van der Waals surface area contributed by atoms with Crippen molar-refractivity contribution in [3.63, 3.8) is 0 Å². The van der Waals surface area contributed by atoms with Crippen LogP contribution in [0.15, 0.2) is 0 Å². The fraction of sp³-hybridized carbons (Fsp3) is 1.00. The first kappa shape index (κ1) is 11.9. The summed E-state index contributed by atoms with van der Waals surface area (Å²) >= 11 is 2.22. The Morgan fingerprint density at radius 3 is 1.57 bits per heavy atom. The van der Waals surface area contributed by atoms with Crippen molar-refractivity contribution in [2.45, 2.75) is 26.4 Å². The van der Waals surface area contributed by atoms with E-state index in [4.69, 9.17) is 3.79 Å². The van der Waals surface area contributed by atoms with E-state index >= 15 is 0 Å². The molecule has 0 unspecified atom stereocenters. The number of hydrogen-bond acceptors (Lipinski definition) is 1. The van der Waals surface area contributed by atoms with Gasteiger partial charge in [-0.05, 0) is 0 Å². The Morgan fingerprint density at radius 2 is 1.57 bits per heavy atom. The van der Waals surface area contributed by atoms with E-state index in [0.29, 0.717) is 0 Å². The molecule has 0 rings (SSSR count). The van der Waals surface area contributed by atoms with Crippen LogP contribution in [0.1, 0.15) is 25.1 Å². The van der Waals surface area contributed by atoms with E-state index in [1.807, 2.05) is 20.8 Å². The Kier molecular flexibility index (Phi) is 8.41. The predicted molar refractivity (Wildman–Crippen MR) is 29.9 cm³/mol. The van der Waals surface area contributed by atoms with Crippen molar-refractivity contribution < 1.29 is 59.5 Å². The Morgan fingerprint density at radius 1 is 1.43 bits per heavy atom. The number of hydrogen-bond donors (Lipinski definition) is 0. The molecule has 0 heterocycles. The van der Waals surface area contributed by atoms with E-state index in [-0.39, 0.29) is 61.3 Å². The van der Waals surface area contributed by atoms with Crippen LogP contribution in [-0.2, 0) is 3.79 Å². The first-order valence-corrected chi connectivity index (χ1v) is 2.41. The second-order valence-electron chi connectivity index (χ2n) is 2.23. The topological polar surface area (TPSA) is 9.23 Å². The van der Waals surface area contributed by atoms with E-state index in [9.17, 15) is 0 Å². The third kappa shape index (κ3) is 11.6. The van der Waals surface area contributed by atoms with E-state index in [0.717, 1.165) is 0 Å².